The number of ether oxygens (including phenoxy) is 1. The molecular weight excluding hydrogens is 268 g/mol. The molecule has 1 amide bonds. The fourth-order valence-electron chi connectivity index (χ4n) is 2.45. The van der Waals surface area contributed by atoms with Crippen LogP contribution in [-0.4, -0.2) is 56.8 Å². The maximum atomic E-state index is 11.6. The number of nitrogens with one attached hydrogen (secondary N) is 2. The number of aromatic nitrogens is 1. The van der Waals surface area contributed by atoms with Gasteiger partial charge in [0.05, 0.1) is 13.2 Å². The second kappa shape index (κ2) is 8.59. The number of rotatable bonds is 7. The van der Waals surface area contributed by atoms with Crippen molar-refractivity contribution in [3.8, 4) is 0 Å². The van der Waals surface area contributed by atoms with Crippen LogP contribution in [0.3, 0.4) is 0 Å². The number of carbonyl (C=O) groups is 1. The summed E-state index contributed by atoms with van der Waals surface area (Å²) in [5.74, 6) is 1.06. The molecule has 0 bridgehead atoms. The summed E-state index contributed by atoms with van der Waals surface area (Å²) in [5, 5.41) is 6.13. The predicted molar refractivity (Wildman–Crippen MR) is 82.4 cm³/mol. The minimum Gasteiger partial charge on any atom is -0.383 e. The van der Waals surface area contributed by atoms with Crippen molar-refractivity contribution in [2.75, 3.05) is 44.8 Å². The first kappa shape index (κ1) is 15.7. The number of pyridine rings is 1. The predicted octanol–water partition coefficient (Wildman–Crippen LogP) is 0.403. The number of nitrogens with zero attached hydrogens (tertiary/aromatic N) is 2. The zero-order valence-electron chi connectivity index (χ0n) is 12.5. The molecule has 2 heterocycles. The van der Waals surface area contributed by atoms with Crippen molar-refractivity contribution < 1.29 is 9.53 Å². The smallest absolute Gasteiger partial charge is 0.234 e. The fourth-order valence-corrected chi connectivity index (χ4v) is 2.45. The normalized spacial score (nSPS) is 16.0. The Labute approximate surface area is 125 Å². The van der Waals surface area contributed by atoms with Crippen molar-refractivity contribution >= 4 is 11.7 Å². The van der Waals surface area contributed by atoms with Gasteiger partial charge in [0, 0.05) is 39.0 Å². The monoisotopic (exact) mass is 292 g/mol. The number of methoxy groups -OCH3 is 1. The Morgan fingerprint density at radius 1 is 1.43 bits per heavy atom. The number of anilines is 1. The lowest BCUT2D eigenvalue weighted by Crippen LogP contribution is -2.46. The number of carbonyl (C=O) groups excluding carboxylic acids is 1. The maximum absolute atomic E-state index is 11.6. The largest absolute Gasteiger partial charge is 0.383 e. The Kier molecular flexibility index (Phi) is 6.43. The molecule has 0 saturated carbocycles. The standard InChI is InChI=1S/C15H24N4O2/c1-21-11-8-17-15(20)12-18-13-5-9-19(10-6-13)14-4-2-3-7-16-14/h2-4,7,13,18H,5-6,8-12H2,1H3,(H,17,20). The summed E-state index contributed by atoms with van der Waals surface area (Å²) in [6, 6.07) is 6.38. The van der Waals surface area contributed by atoms with E-state index >= 15 is 0 Å². The first-order valence-electron chi connectivity index (χ1n) is 7.44. The average molecular weight is 292 g/mol. The van der Waals surface area contributed by atoms with Crippen LogP contribution in [0.25, 0.3) is 0 Å². The van der Waals surface area contributed by atoms with E-state index in [0.29, 0.717) is 25.7 Å². The van der Waals surface area contributed by atoms with E-state index in [0.717, 1.165) is 31.7 Å². The minimum atomic E-state index is 0.0270. The Balaban J connectivity index is 1.64. The Hall–Kier alpha value is -1.66. The first-order valence-corrected chi connectivity index (χ1v) is 7.44. The summed E-state index contributed by atoms with van der Waals surface area (Å²) < 4.78 is 4.89. The molecule has 1 aliphatic heterocycles. The molecular formula is C15H24N4O2. The van der Waals surface area contributed by atoms with Crippen LogP contribution >= 0.6 is 0 Å². The molecule has 6 nitrogen and oxygen atoms in total. The molecule has 2 rings (SSSR count). The second-order valence-electron chi connectivity index (χ2n) is 5.17. The molecule has 116 valence electrons. The maximum Gasteiger partial charge on any atom is 0.234 e. The molecule has 6 heteroatoms. The van der Waals surface area contributed by atoms with E-state index in [2.05, 4.69) is 20.5 Å². The van der Waals surface area contributed by atoms with E-state index in [1.54, 1.807) is 7.11 Å². The third-order valence-electron chi connectivity index (χ3n) is 3.65. The Morgan fingerprint density at radius 3 is 2.90 bits per heavy atom. The van der Waals surface area contributed by atoms with Gasteiger partial charge in [0.1, 0.15) is 5.82 Å². The van der Waals surface area contributed by atoms with Crippen molar-refractivity contribution in [2.24, 2.45) is 0 Å². The summed E-state index contributed by atoms with van der Waals surface area (Å²) in [7, 11) is 1.62. The van der Waals surface area contributed by atoms with E-state index < -0.39 is 0 Å². The van der Waals surface area contributed by atoms with Gasteiger partial charge in [0.2, 0.25) is 5.91 Å². The van der Waals surface area contributed by atoms with Gasteiger partial charge in [-0.15, -0.1) is 0 Å². The van der Waals surface area contributed by atoms with Crippen molar-refractivity contribution in [1.82, 2.24) is 15.6 Å². The van der Waals surface area contributed by atoms with E-state index in [-0.39, 0.29) is 5.91 Å². The van der Waals surface area contributed by atoms with E-state index in [1.807, 2.05) is 24.4 Å². The highest BCUT2D eigenvalue weighted by Crippen LogP contribution is 2.16. The molecule has 1 aromatic rings. The molecule has 2 N–H and O–H groups in total. The lowest BCUT2D eigenvalue weighted by molar-refractivity contribution is -0.120. The summed E-state index contributed by atoms with van der Waals surface area (Å²) >= 11 is 0. The Bertz CT molecular complexity index is 419. The SMILES string of the molecule is COCCNC(=O)CNC1CCN(c2ccccn2)CC1. The molecule has 1 fully saturated rings. The zero-order valence-corrected chi connectivity index (χ0v) is 12.5. The van der Waals surface area contributed by atoms with Gasteiger partial charge in [-0.05, 0) is 25.0 Å². The van der Waals surface area contributed by atoms with Crippen molar-refractivity contribution in [3.63, 3.8) is 0 Å². The van der Waals surface area contributed by atoms with Crippen molar-refractivity contribution in [3.05, 3.63) is 24.4 Å². The highest BCUT2D eigenvalue weighted by atomic mass is 16.5. The van der Waals surface area contributed by atoms with Gasteiger partial charge in [-0.25, -0.2) is 4.98 Å². The molecule has 0 radical (unpaired) electrons. The lowest BCUT2D eigenvalue weighted by Gasteiger charge is -2.33. The van der Waals surface area contributed by atoms with Crippen LogP contribution < -0.4 is 15.5 Å². The van der Waals surface area contributed by atoms with Crippen molar-refractivity contribution in [2.45, 2.75) is 18.9 Å². The van der Waals surface area contributed by atoms with Crippen LogP contribution in [0.4, 0.5) is 5.82 Å². The van der Waals surface area contributed by atoms with Crippen LogP contribution in [0, 0.1) is 0 Å². The van der Waals surface area contributed by atoms with Gasteiger partial charge in [-0.3, -0.25) is 4.79 Å². The number of amides is 1. The van der Waals surface area contributed by atoms with E-state index in [1.165, 1.54) is 0 Å². The van der Waals surface area contributed by atoms with Crippen LogP contribution in [0.1, 0.15) is 12.8 Å². The summed E-state index contributed by atoms with van der Waals surface area (Å²) in [4.78, 5) is 18.3. The molecule has 0 aliphatic carbocycles. The molecule has 1 saturated heterocycles. The van der Waals surface area contributed by atoms with Gasteiger partial charge in [-0.2, -0.15) is 0 Å². The van der Waals surface area contributed by atoms with E-state index in [4.69, 9.17) is 4.74 Å². The highest BCUT2D eigenvalue weighted by Gasteiger charge is 2.20. The molecule has 0 unspecified atom stereocenters. The minimum absolute atomic E-state index is 0.0270. The molecule has 21 heavy (non-hydrogen) atoms. The van der Waals surface area contributed by atoms with Crippen molar-refractivity contribution in [1.29, 1.82) is 0 Å². The van der Waals surface area contributed by atoms with Gasteiger partial charge < -0.3 is 20.3 Å². The Morgan fingerprint density at radius 2 is 2.24 bits per heavy atom. The zero-order chi connectivity index (χ0) is 14.9. The third kappa shape index (κ3) is 5.32. The lowest BCUT2D eigenvalue weighted by atomic mass is 10.1. The molecule has 1 aromatic heterocycles. The van der Waals surface area contributed by atoms with Crippen LogP contribution in [0.15, 0.2) is 24.4 Å². The molecule has 0 atom stereocenters. The van der Waals surface area contributed by atoms with Gasteiger partial charge >= 0.3 is 0 Å². The first-order chi connectivity index (χ1) is 10.3. The second-order valence-corrected chi connectivity index (χ2v) is 5.17. The number of hydrogen-bond acceptors (Lipinski definition) is 5. The fraction of sp³-hybridized carbons (Fsp3) is 0.600. The average Bonchev–Trinajstić information content (AvgIpc) is 2.54. The quantitative estimate of drug-likeness (QED) is 0.712. The summed E-state index contributed by atoms with van der Waals surface area (Å²) in [6.45, 7) is 3.43. The molecule has 1 aliphatic rings. The van der Waals surface area contributed by atoms with Gasteiger partial charge in [0.25, 0.3) is 0 Å². The molecule has 0 aromatic carbocycles. The summed E-state index contributed by atoms with van der Waals surface area (Å²) in [6.07, 6.45) is 3.88. The van der Waals surface area contributed by atoms with E-state index in [9.17, 15) is 4.79 Å². The summed E-state index contributed by atoms with van der Waals surface area (Å²) in [5.41, 5.74) is 0. The molecule has 0 spiro atoms. The highest BCUT2D eigenvalue weighted by molar-refractivity contribution is 5.77. The van der Waals surface area contributed by atoms with Gasteiger partial charge in [0.15, 0.2) is 0 Å². The van der Waals surface area contributed by atoms with Crippen LogP contribution in [-0.2, 0) is 9.53 Å². The number of hydrogen-bond donors (Lipinski definition) is 2. The van der Waals surface area contributed by atoms with Crippen LogP contribution in [0.5, 0.6) is 0 Å². The van der Waals surface area contributed by atoms with Crippen LogP contribution in [0.2, 0.25) is 0 Å². The van der Waals surface area contributed by atoms with Gasteiger partial charge in [-0.1, -0.05) is 6.07 Å². The third-order valence-corrected chi connectivity index (χ3v) is 3.65. The number of piperidine rings is 1. The topological polar surface area (TPSA) is 66.5 Å².